The van der Waals surface area contributed by atoms with E-state index in [1.165, 1.54) is 11.1 Å². The summed E-state index contributed by atoms with van der Waals surface area (Å²) in [6, 6.07) is 6.13. The van der Waals surface area contributed by atoms with Crippen LogP contribution < -0.4 is 5.32 Å². The fourth-order valence-electron chi connectivity index (χ4n) is 2.06. The number of nitrogens with one attached hydrogen (secondary N) is 1. The third kappa shape index (κ3) is 2.91. The fraction of sp³-hybridized carbons (Fsp3) is 0.312. The van der Waals surface area contributed by atoms with Crippen LogP contribution in [0, 0.1) is 20.8 Å². The first-order valence-electron chi connectivity index (χ1n) is 6.61. The minimum atomic E-state index is -0.134. The lowest BCUT2D eigenvalue weighted by atomic mass is 10.1. The van der Waals surface area contributed by atoms with Gasteiger partial charge in [0.05, 0.1) is 12.3 Å². The van der Waals surface area contributed by atoms with Gasteiger partial charge in [-0.15, -0.1) is 0 Å². The van der Waals surface area contributed by atoms with E-state index in [0.29, 0.717) is 23.4 Å². The summed E-state index contributed by atoms with van der Waals surface area (Å²) in [5.74, 6) is 0.146. The van der Waals surface area contributed by atoms with Crippen LogP contribution in [-0.4, -0.2) is 15.2 Å². The van der Waals surface area contributed by atoms with Gasteiger partial charge in [0.1, 0.15) is 5.75 Å². The van der Waals surface area contributed by atoms with Crippen molar-refractivity contribution in [2.45, 2.75) is 33.9 Å². The number of aryl methyl sites for hydroxylation is 3. The molecule has 106 valence electrons. The zero-order valence-corrected chi connectivity index (χ0v) is 12.1. The van der Waals surface area contributed by atoms with Crippen molar-refractivity contribution in [2.75, 3.05) is 5.32 Å². The lowest BCUT2D eigenvalue weighted by molar-refractivity contribution is 0.279. The maximum Gasteiger partial charge on any atom is 0.142 e. The normalized spacial score (nSPS) is 10.6. The third-order valence-electron chi connectivity index (χ3n) is 3.58. The number of rotatable bonds is 4. The van der Waals surface area contributed by atoms with Crippen LogP contribution in [0.1, 0.15) is 27.9 Å². The zero-order chi connectivity index (χ0) is 14.7. The molecule has 1 aromatic carbocycles. The molecule has 0 aliphatic carbocycles. The Bertz CT molecular complexity index is 624. The Hall–Kier alpha value is -2.07. The van der Waals surface area contributed by atoms with Gasteiger partial charge in [0, 0.05) is 29.6 Å². The second kappa shape index (κ2) is 5.92. The number of benzene rings is 1. The second-order valence-electron chi connectivity index (χ2n) is 5.01. The van der Waals surface area contributed by atoms with Crippen LogP contribution in [0.4, 0.5) is 5.69 Å². The van der Waals surface area contributed by atoms with E-state index in [0.717, 1.165) is 5.69 Å². The highest BCUT2D eigenvalue weighted by atomic mass is 16.3. The molecule has 0 radical (unpaired) electrons. The smallest absolute Gasteiger partial charge is 0.142 e. The minimum absolute atomic E-state index is 0.134. The van der Waals surface area contributed by atoms with Crippen LogP contribution in [0.3, 0.4) is 0 Å². The Balaban J connectivity index is 2.22. The second-order valence-corrected chi connectivity index (χ2v) is 5.01. The van der Waals surface area contributed by atoms with Gasteiger partial charge in [0.15, 0.2) is 0 Å². The molecule has 0 fully saturated rings. The zero-order valence-electron chi connectivity index (χ0n) is 12.1. The number of anilines is 1. The molecule has 2 aromatic rings. The molecule has 0 saturated carbocycles. The number of nitrogens with zero attached hydrogens (tertiary/aromatic N) is 1. The summed E-state index contributed by atoms with van der Waals surface area (Å²) >= 11 is 0. The van der Waals surface area contributed by atoms with Gasteiger partial charge in [-0.3, -0.25) is 4.98 Å². The van der Waals surface area contributed by atoms with Crippen LogP contribution in [0.15, 0.2) is 24.4 Å². The highest BCUT2D eigenvalue weighted by Crippen LogP contribution is 2.25. The van der Waals surface area contributed by atoms with Crippen molar-refractivity contribution < 1.29 is 10.2 Å². The van der Waals surface area contributed by atoms with Crippen LogP contribution in [-0.2, 0) is 13.2 Å². The van der Waals surface area contributed by atoms with Crippen LogP contribution >= 0.6 is 0 Å². The molecule has 4 nitrogen and oxygen atoms in total. The van der Waals surface area contributed by atoms with E-state index in [-0.39, 0.29) is 12.4 Å². The number of aromatic nitrogens is 1. The number of aromatic hydroxyl groups is 1. The van der Waals surface area contributed by atoms with Gasteiger partial charge in [0.25, 0.3) is 0 Å². The predicted molar refractivity (Wildman–Crippen MR) is 79.8 cm³/mol. The molecule has 0 unspecified atom stereocenters. The molecule has 0 amide bonds. The van der Waals surface area contributed by atoms with E-state index in [1.807, 2.05) is 6.07 Å². The highest BCUT2D eigenvalue weighted by Gasteiger charge is 2.11. The van der Waals surface area contributed by atoms with Gasteiger partial charge in [-0.1, -0.05) is 6.07 Å². The topological polar surface area (TPSA) is 65.4 Å². The molecule has 0 atom stereocenters. The first-order chi connectivity index (χ1) is 9.52. The van der Waals surface area contributed by atoms with Crippen molar-refractivity contribution in [1.29, 1.82) is 0 Å². The third-order valence-corrected chi connectivity index (χ3v) is 3.58. The summed E-state index contributed by atoms with van der Waals surface area (Å²) in [5, 5.41) is 22.7. The molecular weight excluding hydrogens is 252 g/mol. The quantitative estimate of drug-likeness (QED) is 0.800. The van der Waals surface area contributed by atoms with Crippen molar-refractivity contribution in [3.05, 3.63) is 52.3 Å². The van der Waals surface area contributed by atoms with E-state index in [9.17, 15) is 10.2 Å². The highest BCUT2D eigenvalue weighted by molar-refractivity contribution is 5.50. The molecule has 4 heteroatoms. The van der Waals surface area contributed by atoms with E-state index in [2.05, 4.69) is 36.3 Å². The Morgan fingerprint density at radius 1 is 1.15 bits per heavy atom. The number of pyridine rings is 1. The van der Waals surface area contributed by atoms with Crippen LogP contribution in [0.25, 0.3) is 0 Å². The van der Waals surface area contributed by atoms with Gasteiger partial charge in [-0.25, -0.2) is 0 Å². The largest absolute Gasteiger partial charge is 0.506 e. The van der Waals surface area contributed by atoms with Gasteiger partial charge in [-0.2, -0.15) is 0 Å². The average molecular weight is 272 g/mol. The summed E-state index contributed by atoms with van der Waals surface area (Å²) in [4.78, 5) is 4.05. The van der Waals surface area contributed by atoms with Crippen molar-refractivity contribution in [3.63, 3.8) is 0 Å². The molecule has 3 N–H and O–H groups in total. The maximum absolute atomic E-state index is 10.1. The van der Waals surface area contributed by atoms with Gasteiger partial charge in [0.2, 0.25) is 0 Å². The first kappa shape index (κ1) is 14.3. The Morgan fingerprint density at radius 2 is 1.90 bits per heavy atom. The van der Waals surface area contributed by atoms with Crippen LogP contribution in [0.5, 0.6) is 5.75 Å². The SMILES string of the molecule is Cc1ccc(NCc2c(CO)cnc(C)c2O)cc1C. The number of aliphatic hydroxyl groups is 1. The number of hydrogen-bond donors (Lipinski definition) is 3. The van der Waals surface area contributed by atoms with E-state index < -0.39 is 0 Å². The standard InChI is InChI=1S/C16H20N2O2/c1-10-4-5-14(6-11(10)2)18-8-15-13(9-19)7-17-12(3)16(15)20/h4-7,18-20H,8-9H2,1-3H3. The molecular formula is C16H20N2O2. The van der Waals surface area contributed by atoms with E-state index in [1.54, 1.807) is 13.1 Å². The molecule has 2 rings (SSSR count). The summed E-state index contributed by atoms with van der Waals surface area (Å²) < 4.78 is 0. The minimum Gasteiger partial charge on any atom is -0.506 e. The van der Waals surface area contributed by atoms with Crippen LogP contribution in [0.2, 0.25) is 0 Å². The summed E-state index contributed by atoms with van der Waals surface area (Å²) in [6.45, 7) is 6.20. The molecule has 0 saturated heterocycles. The molecule has 1 heterocycles. The van der Waals surface area contributed by atoms with Crippen molar-refractivity contribution in [3.8, 4) is 5.75 Å². The summed E-state index contributed by atoms with van der Waals surface area (Å²) in [6.07, 6.45) is 1.60. The Morgan fingerprint density at radius 3 is 2.55 bits per heavy atom. The molecule has 1 aromatic heterocycles. The first-order valence-corrected chi connectivity index (χ1v) is 6.61. The van der Waals surface area contributed by atoms with Gasteiger partial charge in [-0.05, 0) is 44.0 Å². The number of hydrogen-bond acceptors (Lipinski definition) is 4. The fourth-order valence-corrected chi connectivity index (χ4v) is 2.06. The predicted octanol–water partition coefficient (Wildman–Crippen LogP) is 2.82. The Kier molecular flexibility index (Phi) is 4.25. The average Bonchev–Trinajstić information content (AvgIpc) is 2.44. The summed E-state index contributed by atoms with van der Waals surface area (Å²) in [5.41, 5.74) is 5.36. The van der Waals surface area contributed by atoms with Gasteiger partial charge >= 0.3 is 0 Å². The Labute approximate surface area is 119 Å². The molecule has 20 heavy (non-hydrogen) atoms. The van der Waals surface area contributed by atoms with Gasteiger partial charge < -0.3 is 15.5 Å². The summed E-state index contributed by atoms with van der Waals surface area (Å²) in [7, 11) is 0. The monoisotopic (exact) mass is 272 g/mol. The lowest BCUT2D eigenvalue weighted by Crippen LogP contribution is -2.05. The van der Waals surface area contributed by atoms with E-state index >= 15 is 0 Å². The molecule has 0 aliphatic heterocycles. The molecule has 0 bridgehead atoms. The molecule has 0 aliphatic rings. The van der Waals surface area contributed by atoms with E-state index in [4.69, 9.17) is 0 Å². The number of aliphatic hydroxyl groups excluding tert-OH is 1. The molecule has 0 spiro atoms. The van der Waals surface area contributed by atoms with Crippen molar-refractivity contribution in [2.24, 2.45) is 0 Å². The lowest BCUT2D eigenvalue weighted by Gasteiger charge is -2.14. The van der Waals surface area contributed by atoms with Crippen molar-refractivity contribution in [1.82, 2.24) is 4.98 Å². The maximum atomic E-state index is 10.1. The van der Waals surface area contributed by atoms with Crippen molar-refractivity contribution >= 4 is 5.69 Å².